The number of aryl methyl sites for hydroxylation is 1. The summed E-state index contributed by atoms with van der Waals surface area (Å²) in [7, 11) is 1.95. The molecule has 86 valence electrons. The molecule has 0 aromatic carbocycles. The first kappa shape index (κ1) is 12.5. The van der Waals surface area contributed by atoms with Crippen LogP contribution in [0.25, 0.3) is 0 Å². The molecule has 0 N–H and O–H groups in total. The molecule has 1 rings (SSSR count). The molecule has 0 unspecified atom stereocenters. The molecule has 1 aromatic heterocycles. The van der Waals surface area contributed by atoms with E-state index in [1.165, 1.54) is 0 Å². The second-order valence-corrected chi connectivity index (χ2v) is 4.47. The van der Waals surface area contributed by atoms with Gasteiger partial charge in [0.25, 0.3) is 0 Å². The summed E-state index contributed by atoms with van der Waals surface area (Å²) in [5, 5.41) is 4.38. The summed E-state index contributed by atoms with van der Waals surface area (Å²) in [4.78, 5) is 2.39. The van der Waals surface area contributed by atoms with Gasteiger partial charge in [-0.3, -0.25) is 9.58 Å². The molecule has 0 aliphatic carbocycles. The van der Waals surface area contributed by atoms with Crippen molar-refractivity contribution in [1.82, 2.24) is 14.7 Å². The molecular weight excluding hydrogens is 210 g/mol. The molecule has 0 aliphatic heterocycles. The lowest BCUT2D eigenvalue weighted by Gasteiger charge is -2.25. The SMILES string of the molecule is CC(C)N(CCCCl)Cc1ccn(C)n1. The molecular formula is C11H20ClN3. The fraction of sp³-hybridized carbons (Fsp3) is 0.727. The summed E-state index contributed by atoms with van der Waals surface area (Å²) in [6.45, 7) is 6.36. The van der Waals surface area contributed by atoms with Crippen LogP contribution < -0.4 is 0 Å². The second-order valence-electron chi connectivity index (χ2n) is 4.09. The van der Waals surface area contributed by atoms with Gasteiger partial charge in [0.1, 0.15) is 0 Å². The molecule has 0 amide bonds. The highest BCUT2D eigenvalue weighted by atomic mass is 35.5. The molecule has 0 spiro atoms. The maximum atomic E-state index is 5.71. The van der Waals surface area contributed by atoms with Crippen molar-refractivity contribution in [2.45, 2.75) is 32.9 Å². The molecule has 0 radical (unpaired) electrons. The fourth-order valence-corrected chi connectivity index (χ4v) is 1.66. The van der Waals surface area contributed by atoms with Gasteiger partial charge in [0.2, 0.25) is 0 Å². The quantitative estimate of drug-likeness (QED) is 0.698. The maximum Gasteiger partial charge on any atom is 0.0764 e. The Morgan fingerprint density at radius 2 is 2.27 bits per heavy atom. The van der Waals surface area contributed by atoms with Crippen LogP contribution in [0.1, 0.15) is 26.0 Å². The van der Waals surface area contributed by atoms with Crippen molar-refractivity contribution in [3.63, 3.8) is 0 Å². The number of nitrogens with zero attached hydrogens (tertiary/aromatic N) is 3. The number of halogens is 1. The molecule has 4 heteroatoms. The molecule has 0 atom stereocenters. The summed E-state index contributed by atoms with van der Waals surface area (Å²) in [6, 6.07) is 2.60. The minimum absolute atomic E-state index is 0.537. The molecule has 1 heterocycles. The predicted octanol–water partition coefficient (Wildman–Crippen LogP) is 2.26. The predicted molar refractivity (Wildman–Crippen MR) is 64.1 cm³/mol. The van der Waals surface area contributed by atoms with Crippen LogP contribution >= 0.6 is 11.6 Å². The Labute approximate surface area is 97.0 Å². The van der Waals surface area contributed by atoms with E-state index in [-0.39, 0.29) is 0 Å². The van der Waals surface area contributed by atoms with Gasteiger partial charge in [-0.25, -0.2) is 0 Å². The van der Waals surface area contributed by atoms with Crippen LogP contribution in [0.5, 0.6) is 0 Å². The Kier molecular flexibility index (Phi) is 5.12. The molecule has 3 nitrogen and oxygen atoms in total. The van der Waals surface area contributed by atoms with E-state index in [0.717, 1.165) is 31.1 Å². The van der Waals surface area contributed by atoms with Crippen LogP contribution in [0, 0.1) is 0 Å². The Morgan fingerprint density at radius 1 is 1.53 bits per heavy atom. The van der Waals surface area contributed by atoms with Gasteiger partial charge in [0, 0.05) is 31.7 Å². The summed E-state index contributed by atoms with van der Waals surface area (Å²) in [5.41, 5.74) is 1.13. The fourth-order valence-electron chi connectivity index (χ4n) is 1.54. The zero-order chi connectivity index (χ0) is 11.3. The highest BCUT2D eigenvalue weighted by molar-refractivity contribution is 6.17. The number of rotatable bonds is 6. The average molecular weight is 230 g/mol. The van der Waals surface area contributed by atoms with E-state index >= 15 is 0 Å². The van der Waals surface area contributed by atoms with E-state index in [0.29, 0.717) is 6.04 Å². The van der Waals surface area contributed by atoms with Crippen molar-refractivity contribution in [2.75, 3.05) is 12.4 Å². The standard InChI is InChI=1S/C11H20ClN3/c1-10(2)15(7-4-6-12)9-11-5-8-14(3)13-11/h5,8,10H,4,6-7,9H2,1-3H3. The Bertz CT molecular complexity index is 283. The largest absolute Gasteiger partial charge is 0.295 e. The summed E-state index contributed by atoms with van der Waals surface area (Å²) >= 11 is 5.71. The monoisotopic (exact) mass is 229 g/mol. The van der Waals surface area contributed by atoms with Crippen LogP contribution in [0.4, 0.5) is 0 Å². The van der Waals surface area contributed by atoms with Crippen molar-refractivity contribution in [2.24, 2.45) is 7.05 Å². The first-order chi connectivity index (χ1) is 7.13. The minimum atomic E-state index is 0.537. The smallest absolute Gasteiger partial charge is 0.0764 e. The van der Waals surface area contributed by atoms with Crippen molar-refractivity contribution < 1.29 is 0 Å². The number of hydrogen-bond acceptors (Lipinski definition) is 2. The van der Waals surface area contributed by atoms with E-state index in [9.17, 15) is 0 Å². The van der Waals surface area contributed by atoms with Crippen LogP contribution in [-0.4, -0.2) is 33.1 Å². The highest BCUT2D eigenvalue weighted by Crippen LogP contribution is 2.07. The lowest BCUT2D eigenvalue weighted by molar-refractivity contribution is 0.211. The van der Waals surface area contributed by atoms with E-state index in [2.05, 4.69) is 29.9 Å². The average Bonchev–Trinajstić information content (AvgIpc) is 2.58. The van der Waals surface area contributed by atoms with Gasteiger partial charge < -0.3 is 0 Å². The van der Waals surface area contributed by atoms with Crippen LogP contribution in [0.3, 0.4) is 0 Å². The van der Waals surface area contributed by atoms with Crippen molar-refractivity contribution in [3.05, 3.63) is 18.0 Å². The van der Waals surface area contributed by atoms with Gasteiger partial charge in [-0.05, 0) is 32.9 Å². The van der Waals surface area contributed by atoms with Crippen molar-refractivity contribution >= 4 is 11.6 Å². The van der Waals surface area contributed by atoms with Crippen molar-refractivity contribution in [3.8, 4) is 0 Å². The summed E-state index contributed by atoms with van der Waals surface area (Å²) < 4.78 is 1.84. The van der Waals surface area contributed by atoms with Gasteiger partial charge in [-0.15, -0.1) is 11.6 Å². The molecule has 1 aromatic rings. The van der Waals surface area contributed by atoms with Gasteiger partial charge in [0.15, 0.2) is 0 Å². The van der Waals surface area contributed by atoms with Gasteiger partial charge >= 0.3 is 0 Å². The number of hydrogen-bond donors (Lipinski definition) is 0. The Balaban J connectivity index is 2.50. The van der Waals surface area contributed by atoms with E-state index < -0.39 is 0 Å². The first-order valence-electron chi connectivity index (χ1n) is 5.42. The second kappa shape index (κ2) is 6.13. The number of aromatic nitrogens is 2. The first-order valence-corrected chi connectivity index (χ1v) is 5.95. The molecule has 0 fully saturated rings. The molecule has 0 saturated carbocycles. The normalized spacial score (nSPS) is 11.6. The highest BCUT2D eigenvalue weighted by Gasteiger charge is 2.10. The molecule has 0 saturated heterocycles. The van der Waals surface area contributed by atoms with Gasteiger partial charge in [-0.2, -0.15) is 5.10 Å². The third-order valence-corrected chi connectivity index (χ3v) is 2.71. The topological polar surface area (TPSA) is 21.1 Å². The van der Waals surface area contributed by atoms with Gasteiger partial charge in [-0.1, -0.05) is 0 Å². The zero-order valence-electron chi connectivity index (χ0n) is 9.78. The van der Waals surface area contributed by atoms with Crippen LogP contribution in [0.2, 0.25) is 0 Å². The molecule has 0 bridgehead atoms. The molecule has 0 aliphatic rings. The Hall–Kier alpha value is -0.540. The zero-order valence-corrected chi connectivity index (χ0v) is 10.5. The van der Waals surface area contributed by atoms with E-state index in [4.69, 9.17) is 11.6 Å². The van der Waals surface area contributed by atoms with Crippen LogP contribution in [-0.2, 0) is 13.6 Å². The minimum Gasteiger partial charge on any atom is -0.295 e. The lowest BCUT2D eigenvalue weighted by atomic mass is 10.2. The van der Waals surface area contributed by atoms with Crippen molar-refractivity contribution in [1.29, 1.82) is 0 Å². The Morgan fingerprint density at radius 3 is 2.73 bits per heavy atom. The maximum absolute atomic E-state index is 5.71. The number of alkyl halides is 1. The van der Waals surface area contributed by atoms with E-state index in [1.807, 2.05) is 17.9 Å². The van der Waals surface area contributed by atoms with E-state index in [1.54, 1.807) is 0 Å². The van der Waals surface area contributed by atoms with Gasteiger partial charge in [0.05, 0.1) is 5.69 Å². The summed E-state index contributed by atoms with van der Waals surface area (Å²) in [6.07, 6.45) is 3.02. The summed E-state index contributed by atoms with van der Waals surface area (Å²) in [5.74, 6) is 0.728. The third kappa shape index (κ3) is 4.22. The third-order valence-electron chi connectivity index (χ3n) is 2.44. The molecule has 15 heavy (non-hydrogen) atoms. The van der Waals surface area contributed by atoms with Crippen LogP contribution in [0.15, 0.2) is 12.3 Å². The lowest BCUT2D eigenvalue weighted by Crippen LogP contribution is -2.31.